The molecule has 0 aliphatic heterocycles. The van der Waals surface area contributed by atoms with E-state index in [2.05, 4.69) is 26.1 Å². The number of aromatic nitrogens is 1. The largest absolute Gasteiger partial charge is 0.409 e. The Balaban J connectivity index is 2.61. The molecule has 5 nitrogen and oxygen atoms in total. The predicted molar refractivity (Wildman–Crippen MR) is 63.2 cm³/mol. The molecule has 0 saturated carbocycles. The number of anilines is 1. The van der Waals surface area contributed by atoms with Gasteiger partial charge in [0.25, 0.3) is 0 Å². The number of nitrogens with two attached hydrogens (primary N) is 1. The number of hydrogen-bond acceptors (Lipinski definition) is 4. The first-order chi connectivity index (χ1) is 7.15. The molecule has 1 aromatic rings. The van der Waals surface area contributed by atoms with Gasteiger partial charge in [-0.05, 0) is 28.1 Å². The molecule has 0 amide bonds. The summed E-state index contributed by atoms with van der Waals surface area (Å²) in [7, 11) is 1.90. The molecule has 0 bridgehead atoms. The monoisotopic (exact) mass is 272 g/mol. The lowest BCUT2D eigenvalue weighted by Crippen LogP contribution is -2.25. The van der Waals surface area contributed by atoms with Crippen LogP contribution in [-0.2, 0) is 0 Å². The number of halogens is 1. The zero-order chi connectivity index (χ0) is 11.3. The molecule has 0 unspecified atom stereocenters. The Morgan fingerprint density at radius 3 is 3.07 bits per heavy atom. The van der Waals surface area contributed by atoms with E-state index in [4.69, 9.17) is 10.9 Å². The highest BCUT2D eigenvalue weighted by atomic mass is 79.9. The van der Waals surface area contributed by atoms with E-state index in [0.29, 0.717) is 13.0 Å². The third-order valence-electron chi connectivity index (χ3n) is 1.93. The number of rotatable bonds is 4. The van der Waals surface area contributed by atoms with E-state index >= 15 is 0 Å². The third-order valence-corrected chi connectivity index (χ3v) is 2.55. The predicted octanol–water partition coefficient (Wildman–Crippen LogP) is 1.42. The number of hydrogen-bond donors (Lipinski definition) is 2. The van der Waals surface area contributed by atoms with E-state index in [-0.39, 0.29) is 5.84 Å². The summed E-state index contributed by atoms with van der Waals surface area (Å²) in [5.41, 5.74) is 5.38. The van der Waals surface area contributed by atoms with Gasteiger partial charge in [0.05, 0.1) is 4.47 Å². The fourth-order valence-electron chi connectivity index (χ4n) is 1.10. The molecule has 0 fully saturated rings. The van der Waals surface area contributed by atoms with Crippen LogP contribution in [-0.4, -0.2) is 29.6 Å². The molecule has 0 saturated heterocycles. The summed E-state index contributed by atoms with van der Waals surface area (Å²) in [5, 5.41) is 11.3. The fraction of sp³-hybridized carbons (Fsp3) is 0.333. The SMILES string of the molecule is CN(CC/C(N)=N/O)c1ncccc1Br. The van der Waals surface area contributed by atoms with Crippen molar-refractivity contribution in [1.29, 1.82) is 0 Å². The molecule has 1 heterocycles. The van der Waals surface area contributed by atoms with Crippen LogP contribution in [0.25, 0.3) is 0 Å². The van der Waals surface area contributed by atoms with Gasteiger partial charge >= 0.3 is 0 Å². The van der Waals surface area contributed by atoms with Crippen LogP contribution < -0.4 is 10.6 Å². The highest BCUT2D eigenvalue weighted by Crippen LogP contribution is 2.21. The van der Waals surface area contributed by atoms with Gasteiger partial charge in [0.15, 0.2) is 0 Å². The summed E-state index contributed by atoms with van der Waals surface area (Å²) >= 11 is 3.41. The van der Waals surface area contributed by atoms with Gasteiger partial charge in [-0.15, -0.1) is 0 Å². The highest BCUT2D eigenvalue weighted by molar-refractivity contribution is 9.10. The second kappa shape index (κ2) is 5.55. The zero-order valence-corrected chi connectivity index (χ0v) is 9.98. The van der Waals surface area contributed by atoms with Gasteiger partial charge in [-0.1, -0.05) is 5.16 Å². The summed E-state index contributed by atoms with van der Waals surface area (Å²) in [5.74, 6) is 1.05. The molecule has 3 N–H and O–H groups in total. The van der Waals surface area contributed by atoms with E-state index in [0.717, 1.165) is 10.3 Å². The smallest absolute Gasteiger partial charge is 0.142 e. The van der Waals surface area contributed by atoms with E-state index in [1.807, 2.05) is 24.1 Å². The summed E-state index contributed by atoms with van der Waals surface area (Å²) in [6.45, 7) is 0.644. The van der Waals surface area contributed by atoms with Crippen molar-refractivity contribution in [3.63, 3.8) is 0 Å². The third kappa shape index (κ3) is 3.39. The van der Waals surface area contributed by atoms with Crippen LogP contribution in [0.5, 0.6) is 0 Å². The first kappa shape index (κ1) is 11.8. The molecule has 1 rings (SSSR count). The van der Waals surface area contributed by atoms with Crippen molar-refractivity contribution in [3.8, 4) is 0 Å². The Kier molecular flexibility index (Phi) is 4.36. The van der Waals surface area contributed by atoms with Crippen LogP contribution in [0.15, 0.2) is 28.0 Å². The lowest BCUT2D eigenvalue weighted by molar-refractivity contribution is 0.317. The zero-order valence-electron chi connectivity index (χ0n) is 8.39. The van der Waals surface area contributed by atoms with Crippen molar-refractivity contribution in [1.82, 2.24) is 4.98 Å². The quantitative estimate of drug-likeness (QED) is 0.376. The van der Waals surface area contributed by atoms with Crippen LogP contribution in [0.3, 0.4) is 0 Å². The molecule has 6 heteroatoms. The van der Waals surface area contributed by atoms with Gasteiger partial charge in [0.1, 0.15) is 11.7 Å². The van der Waals surface area contributed by atoms with Crippen LogP contribution in [0, 0.1) is 0 Å². The van der Waals surface area contributed by atoms with Crippen molar-refractivity contribution < 1.29 is 5.21 Å². The summed E-state index contributed by atoms with van der Waals surface area (Å²) in [6, 6.07) is 3.77. The van der Waals surface area contributed by atoms with Gasteiger partial charge in [-0.25, -0.2) is 4.98 Å². The van der Waals surface area contributed by atoms with Crippen LogP contribution in [0.4, 0.5) is 5.82 Å². The number of amidine groups is 1. The lowest BCUT2D eigenvalue weighted by Gasteiger charge is -2.18. The van der Waals surface area contributed by atoms with Crippen LogP contribution in [0.1, 0.15) is 6.42 Å². The average molecular weight is 273 g/mol. The molecule has 0 radical (unpaired) electrons. The maximum Gasteiger partial charge on any atom is 0.142 e. The molecule has 0 atom stereocenters. The minimum atomic E-state index is 0.217. The van der Waals surface area contributed by atoms with E-state index in [9.17, 15) is 0 Å². The van der Waals surface area contributed by atoms with Gasteiger partial charge in [0, 0.05) is 26.2 Å². The van der Waals surface area contributed by atoms with Crippen LogP contribution >= 0.6 is 15.9 Å². The maximum absolute atomic E-state index is 8.39. The van der Waals surface area contributed by atoms with Crippen molar-refractivity contribution in [2.45, 2.75) is 6.42 Å². The Morgan fingerprint density at radius 2 is 2.47 bits per heavy atom. The Labute approximate surface area is 96.7 Å². The molecule has 82 valence electrons. The van der Waals surface area contributed by atoms with Gasteiger partial charge in [0.2, 0.25) is 0 Å². The second-order valence-electron chi connectivity index (χ2n) is 3.07. The normalized spacial score (nSPS) is 11.5. The first-order valence-corrected chi connectivity index (χ1v) is 5.22. The van der Waals surface area contributed by atoms with Gasteiger partial charge in [-0.3, -0.25) is 0 Å². The summed E-state index contributed by atoms with van der Waals surface area (Å²) < 4.78 is 0.923. The Morgan fingerprint density at radius 1 is 1.73 bits per heavy atom. The van der Waals surface area contributed by atoms with E-state index in [1.165, 1.54) is 0 Å². The van der Waals surface area contributed by atoms with Crippen LogP contribution in [0.2, 0.25) is 0 Å². The topological polar surface area (TPSA) is 74.7 Å². The Bertz CT molecular complexity index is 356. The molecule has 0 aliphatic carbocycles. The number of oxime groups is 1. The summed E-state index contributed by atoms with van der Waals surface area (Å²) in [4.78, 5) is 6.15. The molecular weight excluding hydrogens is 260 g/mol. The minimum absolute atomic E-state index is 0.217. The number of nitrogens with zero attached hydrogens (tertiary/aromatic N) is 3. The lowest BCUT2D eigenvalue weighted by atomic mass is 10.3. The fourth-order valence-corrected chi connectivity index (χ4v) is 1.65. The second-order valence-corrected chi connectivity index (χ2v) is 3.93. The molecule has 0 aliphatic rings. The van der Waals surface area contributed by atoms with Gasteiger partial charge < -0.3 is 15.8 Å². The average Bonchev–Trinajstić information content (AvgIpc) is 2.26. The molecular formula is C9H13BrN4O. The van der Waals surface area contributed by atoms with Crippen molar-refractivity contribution >= 4 is 27.6 Å². The molecule has 0 aromatic carbocycles. The van der Waals surface area contributed by atoms with Gasteiger partial charge in [-0.2, -0.15) is 0 Å². The van der Waals surface area contributed by atoms with E-state index < -0.39 is 0 Å². The Hall–Kier alpha value is -1.30. The minimum Gasteiger partial charge on any atom is -0.409 e. The van der Waals surface area contributed by atoms with E-state index in [1.54, 1.807) is 6.20 Å². The molecule has 15 heavy (non-hydrogen) atoms. The number of pyridine rings is 1. The maximum atomic E-state index is 8.39. The molecule has 0 spiro atoms. The summed E-state index contributed by atoms with van der Waals surface area (Å²) in [6.07, 6.45) is 2.22. The van der Waals surface area contributed by atoms with Crippen molar-refractivity contribution in [2.24, 2.45) is 10.9 Å². The van der Waals surface area contributed by atoms with Crippen molar-refractivity contribution in [3.05, 3.63) is 22.8 Å². The molecule has 1 aromatic heterocycles. The standard InChI is InChI=1S/C9H13BrN4O/c1-14(6-4-8(11)13-15)9-7(10)3-2-5-12-9/h2-3,5,15H,4,6H2,1H3,(H2,11,13). The van der Waals surface area contributed by atoms with Crippen molar-refractivity contribution in [2.75, 3.05) is 18.5 Å². The highest BCUT2D eigenvalue weighted by Gasteiger charge is 2.06. The first-order valence-electron chi connectivity index (χ1n) is 4.43.